The molecular formula is C25H31N3O4S. The van der Waals surface area contributed by atoms with Gasteiger partial charge in [-0.15, -0.1) is 0 Å². The molecule has 0 spiro atoms. The minimum absolute atomic E-state index is 0.00709. The van der Waals surface area contributed by atoms with Crippen LogP contribution in [0, 0.1) is 0 Å². The van der Waals surface area contributed by atoms with Crippen molar-refractivity contribution in [3.05, 3.63) is 54.1 Å². The highest BCUT2D eigenvalue weighted by atomic mass is 32.2. The Hall–Kier alpha value is -2.71. The molecule has 0 aromatic heterocycles. The Labute approximate surface area is 197 Å². The van der Waals surface area contributed by atoms with Crippen LogP contribution in [0.4, 0.5) is 5.69 Å². The van der Waals surface area contributed by atoms with E-state index in [2.05, 4.69) is 4.72 Å². The fraction of sp³-hybridized carbons (Fsp3) is 0.440. The Morgan fingerprint density at radius 3 is 2.24 bits per heavy atom. The first-order valence-electron chi connectivity index (χ1n) is 11.4. The molecule has 0 bridgehead atoms. The van der Waals surface area contributed by atoms with Gasteiger partial charge in [0.25, 0.3) is 5.91 Å². The molecule has 33 heavy (non-hydrogen) atoms. The third-order valence-corrected chi connectivity index (χ3v) is 7.61. The highest BCUT2D eigenvalue weighted by Gasteiger charge is 2.33. The van der Waals surface area contributed by atoms with Crippen LogP contribution in [-0.4, -0.2) is 68.5 Å². The topological polar surface area (TPSA) is 89.9 Å². The van der Waals surface area contributed by atoms with E-state index in [0.717, 1.165) is 48.9 Å². The summed E-state index contributed by atoms with van der Waals surface area (Å²) in [5, 5.41) is 8.91. The largest absolute Gasteiger partial charge is 0.390 e. The van der Waals surface area contributed by atoms with E-state index in [0.29, 0.717) is 31.7 Å². The maximum Gasteiger partial charge on any atom is 0.253 e. The molecule has 1 heterocycles. The summed E-state index contributed by atoms with van der Waals surface area (Å²) in [5.41, 5.74) is 3.25. The van der Waals surface area contributed by atoms with E-state index < -0.39 is 11.0 Å². The van der Waals surface area contributed by atoms with Crippen molar-refractivity contribution in [2.75, 3.05) is 30.9 Å². The van der Waals surface area contributed by atoms with E-state index in [4.69, 9.17) is 5.11 Å². The van der Waals surface area contributed by atoms with Crippen LogP contribution in [0.2, 0.25) is 0 Å². The van der Waals surface area contributed by atoms with Gasteiger partial charge in [0.2, 0.25) is 6.41 Å². The number of rotatable bonds is 6. The van der Waals surface area contributed by atoms with Gasteiger partial charge < -0.3 is 19.6 Å². The molecule has 1 saturated heterocycles. The second-order valence-corrected chi connectivity index (χ2v) is 10.7. The summed E-state index contributed by atoms with van der Waals surface area (Å²) in [6, 6.07) is 15.4. The summed E-state index contributed by atoms with van der Waals surface area (Å²) < 4.78 is 15.1. The molecule has 2 N–H and O–H groups in total. The first-order valence-corrected chi connectivity index (χ1v) is 12.6. The fourth-order valence-electron chi connectivity index (χ4n) is 3.44. The third-order valence-electron chi connectivity index (χ3n) is 6.10. The maximum atomic E-state index is 12.7. The highest BCUT2D eigenvalue weighted by molar-refractivity contribution is 7.87. The van der Waals surface area contributed by atoms with Gasteiger partial charge in [-0.2, -0.15) is 0 Å². The predicted molar refractivity (Wildman–Crippen MR) is 130 cm³/mol. The lowest BCUT2D eigenvalue weighted by atomic mass is 10.0. The van der Waals surface area contributed by atoms with Gasteiger partial charge in [-0.05, 0) is 68.0 Å². The molecule has 2 aromatic rings. The zero-order valence-corrected chi connectivity index (χ0v) is 19.7. The van der Waals surface area contributed by atoms with Crippen molar-refractivity contribution in [1.82, 2.24) is 9.80 Å². The molecule has 3 aliphatic rings. The predicted octanol–water partition coefficient (Wildman–Crippen LogP) is 3.04. The number of carbonyl (C=O) groups excluding carboxylic acids is 2. The van der Waals surface area contributed by atoms with Crippen molar-refractivity contribution in [2.24, 2.45) is 0 Å². The molecule has 1 unspecified atom stereocenters. The summed E-state index contributed by atoms with van der Waals surface area (Å²) in [7, 11) is -1.02. The Balaban J connectivity index is 0.000000459. The molecule has 3 fully saturated rings. The average Bonchev–Trinajstić information content (AvgIpc) is 3.77. The van der Waals surface area contributed by atoms with Gasteiger partial charge >= 0.3 is 0 Å². The van der Waals surface area contributed by atoms with Gasteiger partial charge in [0.15, 0.2) is 0 Å². The van der Waals surface area contributed by atoms with Crippen LogP contribution in [0.1, 0.15) is 43.0 Å². The molecule has 2 saturated carbocycles. The van der Waals surface area contributed by atoms with Gasteiger partial charge in [-0.25, -0.2) is 4.21 Å². The standard InChI is InChI=1S/C21H23N3O3S.C4H8O/c25-15-23-10-12-24(13-11-23)21(26)17-6-4-16(5-7-17)18-2-1-3-19(14-18)22-28(27)20-8-9-20;1-4(5)2-3-4/h1-7,14-15,20,22H,8-13H2;5H,2-3H2,1H3. The SMILES string of the molecule is CC1(O)CC1.O=CN1CCN(C(=O)c2ccc(-c3cccc(NS(=O)C4CC4)c3)cc2)CC1. The molecule has 1 aliphatic heterocycles. The molecule has 2 amide bonds. The van der Waals surface area contributed by atoms with Crippen LogP contribution >= 0.6 is 0 Å². The van der Waals surface area contributed by atoms with Gasteiger partial charge in [0.1, 0.15) is 11.0 Å². The van der Waals surface area contributed by atoms with Crippen molar-refractivity contribution in [2.45, 2.75) is 43.5 Å². The van der Waals surface area contributed by atoms with Crippen LogP contribution in [0.3, 0.4) is 0 Å². The van der Waals surface area contributed by atoms with Crippen LogP contribution in [-0.2, 0) is 15.8 Å². The highest BCUT2D eigenvalue weighted by Crippen LogP contribution is 2.33. The number of hydrogen-bond acceptors (Lipinski definition) is 4. The molecular weight excluding hydrogens is 438 g/mol. The second kappa shape index (κ2) is 10.1. The number of anilines is 1. The lowest BCUT2D eigenvalue weighted by Gasteiger charge is -2.32. The number of amides is 2. The number of nitrogens with zero attached hydrogens (tertiary/aromatic N) is 2. The zero-order valence-electron chi connectivity index (χ0n) is 18.9. The van der Waals surface area contributed by atoms with Crippen LogP contribution < -0.4 is 4.72 Å². The number of benzene rings is 2. The molecule has 176 valence electrons. The van der Waals surface area contributed by atoms with Gasteiger partial charge in [0.05, 0.1) is 10.9 Å². The number of hydrogen-bond donors (Lipinski definition) is 2. The number of aliphatic hydroxyl groups is 1. The van der Waals surface area contributed by atoms with Gasteiger partial charge in [-0.3, -0.25) is 9.59 Å². The molecule has 8 heteroatoms. The minimum atomic E-state index is -1.02. The molecule has 0 radical (unpaired) electrons. The van der Waals surface area contributed by atoms with Crippen molar-refractivity contribution in [1.29, 1.82) is 0 Å². The van der Waals surface area contributed by atoms with E-state index in [-0.39, 0.29) is 16.8 Å². The first kappa shape index (κ1) is 23.4. The molecule has 7 nitrogen and oxygen atoms in total. The average molecular weight is 470 g/mol. The summed E-state index contributed by atoms with van der Waals surface area (Å²) in [5.74, 6) is -0.00709. The Morgan fingerprint density at radius 2 is 1.70 bits per heavy atom. The van der Waals surface area contributed by atoms with Crippen molar-refractivity contribution < 1.29 is 18.9 Å². The van der Waals surface area contributed by atoms with Crippen LogP contribution in [0.15, 0.2) is 48.5 Å². The van der Waals surface area contributed by atoms with E-state index >= 15 is 0 Å². The summed E-state index contributed by atoms with van der Waals surface area (Å²) in [4.78, 5) is 26.9. The third kappa shape index (κ3) is 6.65. The summed E-state index contributed by atoms with van der Waals surface area (Å²) in [6.07, 6.45) is 4.90. The van der Waals surface area contributed by atoms with Crippen molar-refractivity contribution in [3.8, 4) is 11.1 Å². The maximum absolute atomic E-state index is 12.7. The number of piperazine rings is 1. The van der Waals surface area contributed by atoms with E-state index in [9.17, 15) is 13.8 Å². The van der Waals surface area contributed by atoms with Crippen molar-refractivity contribution >= 4 is 29.0 Å². The van der Waals surface area contributed by atoms with E-state index in [1.54, 1.807) is 9.80 Å². The first-order chi connectivity index (χ1) is 15.8. The Bertz CT molecular complexity index is 1010. The lowest BCUT2D eigenvalue weighted by Crippen LogP contribution is -2.48. The molecule has 2 aliphatic carbocycles. The Kier molecular flexibility index (Phi) is 7.14. The lowest BCUT2D eigenvalue weighted by molar-refractivity contribution is -0.119. The second-order valence-electron chi connectivity index (χ2n) is 9.19. The normalized spacial score (nSPS) is 19.7. The molecule has 1 atom stereocenters. The van der Waals surface area contributed by atoms with Gasteiger partial charge in [-0.1, -0.05) is 24.3 Å². The number of nitrogens with one attached hydrogen (secondary N) is 1. The minimum Gasteiger partial charge on any atom is -0.390 e. The smallest absolute Gasteiger partial charge is 0.253 e. The monoisotopic (exact) mass is 469 g/mol. The summed E-state index contributed by atoms with van der Waals surface area (Å²) in [6.45, 7) is 4.13. The van der Waals surface area contributed by atoms with Crippen LogP contribution in [0.25, 0.3) is 11.1 Å². The van der Waals surface area contributed by atoms with Crippen molar-refractivity contribution in [3.63, 3.8) is 0 Å². The van der Waals surface area contributed by atoms with E-state index in [1.807, 2.05) is 55.5 Å². The summed E-state index contributed by atoms with van der Waals surface area (Å²) >= 11 is 0. The fourth-order valence-corrected chi connectivity index (χ4v) is 4.53. The van der Waals surface area contributed by atoms with E-state index in [1.165, 1.54) is 0 Å². The van der Waals surface area contributed by atoms with Crippen LogP contribution in [0.5, 0.6) is 0 Å². The number of carbonyl (C=O) groups is 2. The Morgan fingerprint density at radius 1 is 1.06 bits per heavy atom. The quantitative estimate of drug-likeness (QED) is 0.637. The zero-order chi connectivity index (χ0) is 23.4. The molecule has 5 rings (SSSR count). The molecule has 2 aromatic carbocycles. The van der Waals surface area contributed by atoms with Gasteiger partial charge in [0, 0.05) is 37.4 Å².